The first-order valence-corrected chi connectivity index (χ1v) is 6.21. The first kappa shape index (κ1) is 12.0. The van der Waals surface area contributed by atoms with Crippen molar-refractivity contribution in [2.45, 2.75) is 31.7 Å². The summed E-state index contributed by atoms with van der Waals surface area (Å²) in [5, 5.41) is 3.31. The summed E-state index contributed by atoms with van der Waals surface area (Å²) < 4.78 is 0. The molecular formula is C13H19N3O. The van der Waals surface area contributed by atoms with Crippen LogP contribution in [0.4, 0.5) is 5.82 Å². The van der Waals surface area contributed by atoms with Crippen molar-refractivity contribution in [2.24, 2.45) is 0 Å². The lowest BCUT2D eigenvalue weighted by atomic mass is 10.1. The Morgan fingerprint density at radius 2 is 2.29 bits per heavy atom. The van der Waals surface area contributed by atoms with E-state index in [0.29, 0.717) is 5.82 Å². The van der Waals surface area contributed by atoms with Gasteiger partial charge in [-0.2, -0.15) is 0 Å². The van der Waals surface area contributed by atoms with Gasteiger partial charge in [0.2, 0.25) is 5.91 Å². The van der Waals surface area contributed by atoms with Gasteiger partial charge >= 0.3 is 0 Å². The predicted octanol–water partition coefficient (Wildman–Crippen LogP) is 1.58. The van der Waals surface area contributed by atoms with Crippen LogP contribution >= 0.6 is 0 Å². The molecule has 4 nitrogen and oxygen atoms in total. The molecule has 1 aliphatic heterocycles. The molecule has 0 saturated carbocycles. The van der Waals surface area contributed by atoms with Crippen molar-refractivity contribution in [1.29, 1.82) is 0 Å². The van der Waals surface area contributed by atoms with Crippen LogP contribution in [0.2, 0.25) is 0 Å². The van der Waals surface area contributed by atoms with Crippen LogP contribution in [-0.2, 0) is 4.79 Å². The highest BCUT2D eigenvalue weighted by Gasteiger charge is 2.23. The lowest BCUT2D eigenvalue weighted by Gasteiger charge is -2.22. The van der Waals surface area contributed by atoms with Gasteiger partial charge in [-0.15, -0.1) is 0 Å². The number of anilines is 1. The van der Waals surface area contributed by atoms with Crippen LogP contribution in [0, 0.1) is 0 Å². The average molecular weight is 233 g/mol. The number of nitrogens with one attached hydrogen (secondary N) is 1. The molecule has 1 amide bonds. The molecule has 1 aromatic rings. The summed E-state index contributed by atoms with van der Waals surface area (Å²) >= 11 is 0. The topological polar surface area (TPSA) is 45.2 Å². The Morgan fingerprint density at radius 1 is 1.41 bits per heavy atom. The molecule has 0 bridgehead atoms. The van der Waals surface area contributed by atoms with Gasteiger partial charge in [0.05, 0.1) is 6.04 Å². The number of rotatable bonds is 2. The van der Waals surface area contributed by atoms with Gasteiger partial charge in [-0.05, 0) is 31.5 Å². The number of hydrogen-bond donors (Lipinski definition) is 1. The van der Waals surface area contributed by atoms with E-state index in [4.69, 9.17) is 0 Å². The van der Waals surface area contributed by atoms with Gasteiger partial charge in [0.25, 0.3) is 0 Å². The van der Waals surface area contributed by atoms with Crippen molar-refractivity contribution in [3.63, 3.8) is 0 Å². The van der Waals surface area contributed by atoms with Crippen molar-refractivity contribution >= 4 is 11.7 Å². The largest absolute Gasteiger partial charge is 0.306 e. The van der Waals surface area contributed by atoms with Crippen molar-refractivity contribution in [2.75, 3.05) is 18.5 Å². The SMILES string of the molecule is CN(C(=O)C1CCCCCN1)c1ccccn1. The van der Waals surface area contributed by atoms with Crippen molar-refractivity contribution in [3.05, 3.63) is 24.4 Å². The Hall–Kier alpha value is -1.42. The van der Waals surface area contributed by atoms with Crippen molar-refractivity contribution in [1.82, 2.24) is 10.3 Å². The quantitative estimate of drug-likeness (QED) is 0.843. The number of hydrogen-bond acceptors (Lipinski definition) is 3. The number of amides is 1. The molecule has 1 atom stereocenters. The fraction of sp³-hybridized carbons (Fsp3) is 0.538. The van der Waals surface area contributed by atoms with Crippen LogP contribution < -0.4 is 10.2 Å². The van der Waals surface area contributed by atoms with Gasteiger partial charge < -0.3 is 5.32 Å². The standard InChI is InChI=1S/C13H19N3O/c1-16(12-8-4-6-10-15-12)13(17)11-7-3-2-5-9-14-11/h4,6,8,10-11,14H,2-3,5,7,9H2,1H3. The Bertz CT molecular complexity index is 358. The molecule has 0 aromatic carbocycles. The molecular weight excluding hydrogens is 214 g/mol. The minimum atomic E-state index is -0.0514. The molecule has 1 fully saturated rings. The Kier molecular flexibility index (Phi) is 4.09. The van der Waals surface area contributed by atoms with Crippen molar-refractivity contribution in [3.8, 4) is 0 Å². The average Bonchev–Trinajstić information content (AvgIpc) is 2.67. The maximum Gasteiger partial charge on any atom is 0.245 e. The molecule has 1 aromatic heterocycles. The van der Waals surface area contributed by atoms with Crippen LogP contribution in [0.1, 0.15) is 25.7 Å². The molecule has 4 heteroatoms. The normalized spacial score (nSPS) is 20.6. The van der Waals surface area contributed by atoms with E-state index in [1.54, 1.807) is 18.1 Å². The van der Waals surface area contributed by atoms with Crippen LogP contribution in [-0.4, -0.2) is 30.5 Å². The van der Waals surface area contributed by atoms with Gasteiger partial charge in [-0.1, -0.05) is 18.9 Å². The predicted molar refractivity (Wildman–Crippen MR) is 67.9 cm³/mol. The molecule has 92 valence electrons. The lowest BCUT2D eigenvalue weighted by Crippen LogP contribution is -2.45. The lowest BCUT2D eigenvalue weighted by molar-refractivity contribution is -0.120. The van der Waals surface area contributed by atoms with E-state index in [1.807, 2.05) is 18.2 Å². The molecule has 17 heavy (non-hydrogen) atoms. The summed E-state index contributed by atoms with van der Waals surface area (Å²) in [6.45, 7) is 0.937. The maximum absolute atomic E-state index is 12.3. The van der Waals surface area contributed by atoms with E-state index in [1.165, 1.54) is 6.42 Å². The Labute approximate surface area is 102 Å². The highest BCUT2D eigenvalue weighted by molar-refractivity contribution is 5.95. The molecule has 1 N–H and O–H groups in total. The third kappa shape index (κ3) is 3.03. The van der Waals surface area contributed by atoms with Gasteiger partial charge in [-0.3, -0.25) is 9.69 Å². The molecule has 2 heterocycles. The summed E-state index contributed by atoms with van der Waals surface area (Å²) in [6, 6.07) is 5.55. The molecule has 2 rings (SSSR count). The summed E-state index contributed by atoms with van der Waals surface area (Å²) in [6.07, 6.45) is 6.14. The fourth-order valence-corrected chi connectivity index (χ4v) is 2.14. The number of pyridine rings is 1. The number of carbonyl (C=O) groups excluding carboxylic acids is 1. The highest BCUT2D eigenvalue weighted by atomic mass is 16.2. The third-order valence-corrected chi connectivity index (χ3v) is 3.18. The van der Waals surface area contributed by atoms with E-state index < -0.39 is 0 Å². The maximum atomic E-state index is 12.3. The smallest absolute Gasteiger partial charge is 0.245 e. The zero-order chi connectivity index (χ0) is 12.1. The zero-order valence-corrected chi connectivity index (χ0v) is 10.2. The van der Waals surface area contributed by atoms with E-state index in [2.05, 4.69) is 10.3 Å². The fourth-order valence-electron chi connectivity index (χ4n) is 2.14. The Balaban J connectivity index is 2.03. The van der Waals surface area contributed by atoms with Gasteiger partial charge in [0.1, 0.15) is 5.82 Å². The van der Waals surface area contributed by atoms with Crippen molar-refractivity contribution < 1.29 is 4.79 Å². The second-order valence-electron chi connectivity index (χ2n) is 4.44. The Morgan fingerprint density at radius 3 is 3.06 bits per heavy atom. The molecule has 1 aliphatic rings. The number of likely N-dealkylation sites (N-methyl/N-ethyl adjacent to an activating group) is 1. The molecule has 0 spiro atoms. The van der Waals surface area contributed by atoms with E-state index in [0.717, 1.165) is 25.8 Å². The summed E-state index contributed by atoms with van der Waals surface area (Å²) in [5.74, 6) is 0.828. The highest BCUT2D eigenvalue weighted by Crippen LogP contribution is 2.13. The van der Waals surface area contributed by atoms with Crippen LogP contribution in [0.3, 0.4) is 0 Å². The van der Waals surface area contributed by atoms with Gasteiger partial charge in [0.15, 0.2) is 0 Å². The van der Waals surface area contributed by atoms with E-state index >= 15 is 0 Å². The summed E-state index contributed by atoms with van der Waals surface area (Å²) in [5.41, 5.74) is 0. The molecule has 0 aliphatic carbocycles. The van der Waals surface area contributed by atoms with E-state index in [9.17, 15) is 4.79 Å². The number of carbonyl (C=O) groups is 1. The summed E-state index contributed by atoms with van der Waals surface area (Å²) in [4.78, 5) is 18.1. The third-order valence-electron chi connectivity index (χ3n) is 3.18. The zero-order valence-electron chi connectivity index (χ0n) is 10.2. The first-order valence-electron chi connectivity index (χ1n) is 6.21. The monoisotopic (exact) mass is 233 g/mol. The molecule has 1 saturated heterocycles. The van der Waals surface area contributed by atoms with E-state index in [-0.39, 0.29) is 11.9 Å². The number of aromatic nitrogens is 1. The second-order valence-corrected chi connectivity index (χ2v) is 4.44. The van der Waals surface area contributed by atoms with Gasteiger partial charge in [0, 0.05) is 13.2 Å². The second kappa shape index (κ2) is 5.77. The van der Waals surface area contributed by atoms with Crippen LogP contribution in [0.25, 0.3) is 0 Å². The number of nitrogens with zero attached hydrogens (tertiary/aromatic N) is 2. The minimum Gasteiger partial charge on any atom is -0.306 e. The molecule has 0 radical (unpaired) electrons. The molecule has 1 unspecified atom stereocenters. The van der Waals surface area contributed by atoms with Crippen LogP contribution in [0.5, 0.6) is 0 Å². The minimum absolute atomic E-state index is 0.0514. The summed E-state index contributed by atoms with van der Waals surface area (Å²) in [7, 11) is 1.79. The first-order chi connectivity index (χ1) is 8.29. The van der Waals surface area contributed by atoms with Gasteiger partial charge in [-0.25, -0.2) is 4.98 Å². The van der Waals surface area contributed by atoms with Crippen LogP contribution in [0.15, 0.2) is 24.4 Å².